The lowest BCUT2D eigenvalue weighted by molar-refractivity contribution is 0.174. The molecular weight excluding hydrogens is 485 g/mol. The van der Waals surface area contributed by atoms with Gasteiger partial charge in [-0.05, 0) is 48.7 Å². The van der Waals surface area contributed by atoms with Crippen LogP contribution >= 0.6 is 24.0 Å². The Labute approximate surface area is 188 Å². The molecule has 8 heteroatoms. The molecule has 0 bridgehead atoms. The Bertz CT molecular complexity index is 830. The lowest BCUT2D eigenvalue weighted by Crippen LogP contribution is -2.38. The van der Waals surface area contributed by atoms with Gasteiger partial charge in [0.2, 0.25) is 6.79 Å². The standard InChI is InChI=1S/C21H27N3O4.HI/c1-4-22-21(24-13-16-6-8-18-20(12-16)28-14-27-18)23-10-9-15-5-7-17(25-2)19(11-15)26-3;/h5-8,11-12H,4,9-10,13-14H2,1-3H3,(H2,22,23,24);1H. The second-order valence-electron chi connectivity index (χ2n) is 6.25. The molecule has 7 nitrogen and oxygen atoms in total. The van der Waals surface area contributed by atoms with Gasteiger partial charge in [0, 0.05) is 13.1 Å². The van der Waals surface area contributed by atoms with Crippen molar-refractivity contribution in [3.05, 3.63) is 47.5 Å². The summed E-state index contributed by atoms with van der Waals surface area (Å²) in [4.78, 5) is 4.65. The fourth-order valence-electron chi connectivity index (χ4n) is 2.91. The number of methoxy groups -OCH3 is 2. The van der Waals surface area contributed by atoms with E-state index in [0.717, 1.165) is 59.6 Å². The Morgan fingerprint density at radius 1 is 0.966 bits per heavy atom. The zero-order valence-electron chi connectivity index (χ0n) is 17.0. The molecule has 0 atom stereocenters. The fraction of sp³-hybridized carbons (Fsp3) is 0.381. The fourth-order valence-corrected chi connectivity index (χ4v) is 2.91. The summed E-state index contributed by atoms with van der Waals surface area (Å²) in [6.07, 6.45) is 0.842. The first-order valence-electron chi connectivity index (χ1n) is 9.35. The van der Waals surface area contributed by atoms with E-state index in [9.17, 15) is 0 Å². The van der Waals surface area contributed by atoms with Gasteiger partial charge < -0.3 is 29.6 Å². The molecule has 0 saturated carbocycles. The number of nitrogens with one attached hydrogen (secondary N) is 2. The first-order chi connectivity index (χ1) is 13.7. The molecule has 0 aliphatic carbocycles. The summed E-state index contributed by atoms with van der Waals surface area (Å²) in [5.41, 5.74) is 2.23. The summed E-state index contributed by atoms with van der Waals surface area (Å²) >= 11 is 0. The number of benzene rings is 2. The van der Waals surface area contributed by atoms with Crippen LogP contribution in [-0.4, -0.2) is 40.1 Å². The number of rotatable bonds is 8. The number of hydrogen-bond donors (Lipinski definition) is 2. The number of fused-ring (bicyclic) bond motifs is 1. The Morgan fingerprint density at radius 2 is 1.72 bits per heavy atom. The van der Waals surface area contributed by atoms with Gasteiger partial charge in [-0.2, -0.15) is 0 Å². The molecule has 1 aliphatic heterocycles. The SMILES string of the molecule is CCNC(=NCc1ccc2c(c1)OCO2)NCCc1ccc(OC)c(OC)c1.I. The van der Waals surface area contributed by atoms with Crippen LogP contribution in [0.1, 0.15) is 18.1 Å². The molecule has 1 aliphatic rings. The molecule has 2 N–H and O–H groups in total. The molecule has 0 fully saturated rings. The van der Waals surface area contributed by atoms with Crippen LogP contribution in [0.4, 0.5) is 0 Å². The van der Waals surface area contributed by atoms with Gasteiger partial charge in [-0.3, -0.25) is 0 Å². The first kappa shape index (κ1) is 22.9. The quantitative estimate of drug-likeness (QED) is 0.321. The van der Waals surface area contributed by atoms with Gasteiger partial charge in [0.25, 0.3) is 0 Å². The lowest BCUT2D eigenvalue weighted by Gasteiger charge is -2.13. The number of halogens is 1. The second kappa shape index (κ2) is 11.6. The van der Waals surface area contributed by atoms with Crippen LogP contribution in [0, 0.1) is 0 Å². The normalized spacial score (nSPS) is 12.2. The highest BCUT2D eigenvalue weighted by Crippen LogP contribution is 2.32. The molecule has 29 heavy (non-hydrogen) atoms. The molecule has 0 unspecified atom stereocenters. The average Bonchev–Trinajstić information content (AvgIpc) is 3.19. The summed E-state index contributed by atoms with van der Waals surface area (Å²) in [6, 6.07) is 11.9. The van der Waals surface area contributed by atoms with Crippen molar-refractivity contribution in [1.82, 2.24) is 10.6 Å². The second-order valence-corrected chi connectivity index (χ2v) is 6.25. The third-order valence-corrected chi connectivity index (χ3v) is 4.36. The van der Waals surface area contributed by atoms with Gasteiger partial charge in [-0.1, -0.05) is 12.1 Å². The van der Waals surface area contributed by atoms with E-state index in [4.69, 9.17) is 18.9 Å². The van der Waals surface area contributed by atoms with Gasteiger partial charge in [0.15, 0.2) is 29.0 Å². The molecule has 3 rings (SSSR count). The van der Waals surface area contributed by atoms with Crippen molar-refractivity contribution < 1.29 is 18.9 Å². The van der Waals surface area contributed by atoms with E-state index in [1.807, 2.05) is 43.3 Å². The number of aliphatic imine (C=N–C) groups is 1. The number of hydrogen-bond acceptors (Lipinski definition) is 5. The largest absolute Gasteiger partial charge is 0.493 e. The van der Waals surface area contributed by atoms with Crippen LogP contribution in [0.5, 0.6) is 23.0 Å². The monoisotopic (exact) mass is 513 g/mol. The number of guanidine groups is 1. The molecule has 2 aromatic rings. The van der Waals surface area contributed by atoms with Crippen LogP contribution in [0.15, 0.2) is 41.4 Å². The molecule has 0 radical (unpaired) electrons. The van der Waals surface area contributed by atoms with Crippen molar-refractivity contribution in [1.29, 1.82) is 0 Å². The summed E-state index contributed by atoms with van der Waals surface area (Å²) in [5.74, 6) is 3.81. The van der Waals surface area contributed by atoms with Crippen molar-refractivity contribution in [2.75, 3.05) is 34.1 Å². The highest BCUT2D eigenvalue weighted by molar-refractivity contribution is 14.0. The topological polar surface area (TPSA) is 73.3 Å². The van der Waals surface area contributed by atoms with Crippen LogP contribution in [0.25, 0.3) is 0 Å². The summed E-state index contributed by atoms with van der Waals surface area (Å²) in [6.45, 7) is 4.43. The maximum absolute atomic E-state index is 5.42. The molecule has 0 amide bonds. The lowest BCUT2D eigenvalue weighted by atomic mass is 10.1. The summed E-state index contributed by atoms with van der Waals surface area (Å²) in [5, 5.41) is 6.64. The highest BCUT2D eigenvalue weighted by atomic mass is 127. The first-order valence-corrected chi connectivity index (χ1v) is 9.35. The highest BCUT2D eigenvalue weighted by Gasteiger charge is 2.13. The van der Waals surface area contributed by atoms with Crippen molar-refractivity contribution in [2.45, 2.75) is 19.9 Å². The van der Waals surface area contributed by atoms with E-state index in [0.29, 0.717) is 6.54 Å². The Hall–Kier alpha value is -2.36. The number of nitrogens with zero attached hydrogens (tertiary/aromatic N) is 1. The molecular formula is C21H28IN3O4. The van der Waals surface area contributed by atoms with E-state index in [1.54, 1.807) is 14.2 Å². The van der Waals surface area contributed by atoms with E-state index in [-0.39, 0.29) is 30.8 Å². The zero-order chi connectivity index (χ0) is 19.8. The zero-order valence-corrected chi connectivity index (χ0v) is 19.3. The van der Waals surface area contributed by atoms with Crippen molar-refractivity contribution >= 4 is 29.9 Å². The summed E-state index contributed by atoms with van der Waals surface area (Å²) < 4.78 is 21.4. The third kappa shape index (κ3) is 6.31. The predicted molar refractivity (Wildman–Crippen MR) is 124 cm³/mol. The van der Waals surface area contributed by atoms with Crippen LogP contribution < -0.4 is 29.6 Å². The molecule has 1 heterocycles. The Balaban J connectivity index is 0.00000300. The van der Waals surface area contributed by atoms with Crippen LogP contribution in [-0.2, 0) is 13.0 Å². The van der Waals surface area contributed by atoms with E-state index in [1.165, 1.54) is 0 Å². The van der Waals surface area contributed by atoms with Crippen LogP contribution in [0.2, 0.25) is 0 Å². The average molecular weight is 513 g/mol. The van der Waals surface area contributed by atoms with Gasteiger partial charge >= 0.3 is 0 Å². The third-order valence-electron chi connectivity index (χ3n) is 4.36. The molecule has 158 valence electrons. The van der Waals surface area contributed by atoms with Crippen LogP contribution in [0.3, 0.4) is 0 Å². The Kier molecular flexibility index (Phi) is 9.17. The minimum atomic E-state index is 0. The maximum Gasteiger partial charge on any atom is 0.231 e. The van der Waals surface area contributed by atoms with E-state index >= 15 is 0 Å². The van der Waals surface area contributed by atoms with Crippen molar-refractivity contribution in [2.24, 2.45) is 4.99 Å². The molecule has 0 saturated heterocycles. The van der Waals surface area contributed by atoms with Gasteiger partial charge in [-0.15, -0.1) is 24.0 Å². The van der Waals surface area contributed by atoms with Gasteiger partial charge in [0.1, 0.15) is 0 Å². The van der Waals surface area contributed by atoms with Crippen molar-refractivity contribution in [3.8, 4) is 23.0 Å². The van der Waals surface area contributed by atoms with E-state index in [2.05, 4.69) is 15.6 Å². The predicted octanol–water partition coefficient (Wildman–Crippen LogP) is 3.35. The molecule has 0 aromatic heterocycles. The smallest absolute Gasteiger partial charge is 0.231 e. The number of ether oxygens (including phenoxy) is 4. The van der Waals surface area contributed by atoms with Gasteiger partial charge in [0.05, 0.1) is 20.8 Å². The molecule has 2 aromatic carbocycles. The Morgan fingerprint density at radius 3 is 2.48 bits per heavy atom. The summed E-state index contributed by atoms with van der Waals surface area (Å²) in [7, 11) is 3.28. The minimum absolute atomic E-state index is 0. The van der Waals surface area contributed by atoms with Gasteiger partial charge in [-0.25, -0.2) is 4.99 Å². The van der Waals surface area contributed by atoms with Crippen molar-refractivity contribution in [3.63, 3.8) is 0 Å². The van der Waals surface area contributed by atoms with E-state index < -0.39 is 0 Å². The molecule has 0 spiro atoms. The minimum Gasteiger partial charge on any atom is -0.493 e. The maximum atomic E-state index is 5.42.